The fourth-order valence-electron chi connectivity index (χ4n) is 0.444. The van der Waals surface area contributed by atoms with Crippen LogP contribution in [0.25, 0.3) is 0 Å². The first-order valence-corrected chi connectivity index (χ1v) is 2.75. The van der Waals surface area contributed by atoms with E-state index in [9.17, 15) is 13.2 Å². The highest BCUT2D eigenvalue weighted by Crippen LogP contribution is 2.28. The Morgan fingerprint density at radius 2 is 1.73 bits per heavy atom. The molecule has 0 aliphatic carbocycles. The number of hydrogen-bond acceptors (Lipinski definition) is 2. The van der Waals surface area contributed by atoms with Gasteiger partial charge in [-0.1, -0.05) is 0 Å². The molecular formula is C5H11ClF3NO. The second-order valence-electron chi connectivity index (χ2n) is 2.30. The molecule has 0 radical (unpaired) electrons. The maximum atomic E-state index is 11.7. The van der Waals surface area contributed by atoms with Crippen molar-refractivity contribution in [2.45, 2.75) is 18.7 Å². The minimum atomic E-state index is -4.56. The highest BCUT2D eigenvalue weighted by Gasteiger charge is 2.49. The molecular weight excluding hydrogens is 183 g/mol. The molecule has 2 nitrogen and oxygen atoms in total. The Hall–Kier alpha value is -0.0000000000000000555. The van der Waals surface area contributed by atoms with E-state index in [0.29, 0.717) is 0 Å². The van der Waals surface area contributed by atoms with Gasteiger partial charge in [0.15, 0.2) is 5.60 Å². The normalized spacial score (nSPS) is 16.9. The Bertz CT molecular complexity index is 115. The van der Waals surface area contributed by atoms with E-state index in [4.69, 9.17) is 5.11 Å². The van der Waals surface area contributed by atoms with Crippen LogP contribution < -0.4 is 5.32 Å². The summed E-state index contributed by atoms with van der Waals surface area (Å²) in [6.07, 6.45) is -4.56. The number of halogens is 4. The van der Waals surface area contributed by atoms with E-state index >= 15 is 0 Å². The summed E-state index contributed by atoms with van der Waals surface area (Å²) >= 11 is 0. The molecule has 0 saturated carbocycles. The minimum Gasteiger partial charge on any atom is -0.380 e. The fourth-order valence-corrected chi connectivity index (χ4v) is 0.444. The Morgan fingerprint density at radius 1 is 1.36 bits per heavy atom. The van der Waals surface area contributed by atoms with Gasteiger partial charge >= 0.3 is 6.18 Å². The highest BCUT2D eigenvalue weighted by molar-refractivity contribution is 5.85. The second-order valence-corrected chi connectivity index (χ2v) is 2.30. The van der Waals surface area contributed by atoms with Crippen LogP contribution in [0.1, 0.15) is 6.92 Å². The molecule has 70 valence electrons. The topological polar surface area (TPSA) is 32.3 Å². The Morgan fingerprint density at radius 3 is 1.82 bits per heavy atom. The summed E-state index contributed by atoms with van der Waals surface area (Å²) in [6.45, 7) is 0.236. The van der Waals surface area contributed by atoms with Crippen LogP contribution in [0.5, 0.6) is 0 Å². The lowest BCUT2D eigenvalue weighted by Crippen LogP contribution is -2.49. The summed E-state index contributed by atoms with van der Waals surface area (Å²) in [5, 5.41) is 10.9. The van der Waals surface area contributed by atoms with Gasteiger partial charge in [0.25, 0.3) is 0 Å². The number of nitrogens with one attached hydrogen (secondary N) is 1. The van der Waals surface area contributed by atoms with E-state index in [1.165, 1.54) is 7.05 Å². The lowest BCUT2D eigenvalue weighted by molar-refractivity contribution is -0.250. The molecule has 0 heterocycles. The molecule has 0 aliphatic rings. The van der Waals surface area contributed by atoms with E-state index in [0.717, 1.165) is 6.92 Å². The molecule has 0 saturated heterocycles. The summed E-state index contributed by atoms with van der Waals surface area (Å²) in [4.78, 5) is 0. The van der Waals surface area contributed by atoms with Crippen molar-refractivity contribution >= 4 is 12.4 Å². The Balaban J connectivity index is 0. The quantitative estimate of drug-likeness (QED) is 0.684. The van der Waals surface area contributed by atoms with Crippen molar-refractivity contribution in [2.75, 3.05) is 13.6 Å². The van der Waals surface area contributed by atoms with Gasteiger partial charge in [-0.2, -0.15) is 13.2 Å². The summed E-state index contributed by atoms with van der Waals surface area (Å²) in [5.74, 6) is 0. The van der Waals surface area contributed by atoms with Gasteiger partial charge in [-0.05, 0) is 14.0 Å². The molecule has 0 amide bonds. The molecule has 0 aromatic heterocycles. The van der Waals surface area contributed by atoms with Gasteiger partial charge in [0.1, 0.15) is 0 Å². The molecule has 0 rings (SSSR count). The SMILES string of the molecule is CNCC(C)(O)C(F)(F)F.Cl. The molecule has 1 atom stereocenters. The van der Waals surface area contributed by atoms with Crippen LogP contribution in [-0.4, -0.2) is 30.5 Å². The summed E-state index contributed by atoms with van der Waals surface area (Å²) in [6, 6.07) is 0. The number of alkyl halides is 3. The maximum Gasteiger partial charge on any atom is 0.418 e. The third-order valence-electron chi connectivity index (χ3n) is 1.13. The third-order valence-corrected chi connectivity index (χ3v) is 1.13. The van der Waals surface area contributed by atoms with Crippen LogP contribution in [0.4, 0.5) is 13.2 Å². The van der Waals surface area contributed by atoms with E-state index in [1.54, 1.807) is 0 Å². The average Bonchev–Trinajstić information content (AvgIpc) is 1.61. The molecule has 2 N–H and O–H groups in total. The van der Waals surface area contributed by atoms with Crippen molar-refractivity contribution in [2.24, 2.45) is 0 Å². The molecule has 0 bridgehead atoms. The molecule has 11 heavy (non-hydrogen) atoms. The molecule has 0 aliphatic heterocycles. The van der Waals surface area contributed by atoms with Gasteiger partial charge in [-0.25, -0.2) is 0 Å². The second kappa shape index (κ2) is 4.13. The number of rotatable bonds is 2. The zero-order valence-corrected chi connectivity index (χ0v) is 7.01. The van der Waals surface area contributed by atoms with Crippen LogP contribution in [-0.2, 0) is 0 Å². The first kappa shape index (κ1) is 13.6. The maximum absolute atomic E-state index is 11.7. The predicted octanol–water partition coefficient (Wildman–Crippen LogP) is 0.941. The van der Waals surface area contributed by atoms with Gasteiger partial charge in [-0.3, -0.25) is 0 Å². The monoisotopic (exact) mass is 193 g/mol. The van der Waals surface area contributed by atoms with Crippen molar-refractivity contribution < 1.29 is 18.3 Å². The van der Waals surface area contributed by atoms with Crippen molar-refractivity contribution in [1.29, 1.82) is 0 Å². The van der Waals surface area contributed by atoms with Crippen LogP contribution in [0, 0.1) is 0 Å². The lowest BCUT2D eigenvalue weighted by Gasteiger charge is -2.25. The smallest absolute Gasteiger partial charge is 0.380 e. The van der Waals surface area contributed by atoms with Crippen LogP contribution in [0.3, 0.4) is 0 Å². The summed E-state index contributed by atoms with van der Waals surface area (Å²) in [5.41, 5.74) is -2.62. The number of likely N-dealkylation sites (N-methyl/N-ethyl adjacent to an activating group) is 1. The molecule has 1 unspecified atom stereocenters. The van der Waals surface area contributed by atoms with Crippen LogP contribution >= 0.6 is 12.4 Å². The highest BCUT2D eigenvalue weighted by atomic mass is 35.5. The van der Waals surface area contributed by atoms with Crippen LogP contribution in [0.15, 0.2) is 0 Å². The van der Waals surface area contributed by atoms with Gasteiger partial charge in [0.05, 0.1) is 0 Å². The van der Waals surface area contributed by atoms with Crippen molar-refractivity contribution in [3.63, 3.8) is 0 Å². The molecule has 0 fully saturated rings. The van der Waals surface area contributed by atoms with Crippen molar-refractivity contribution in [1.82, 2.24) is 5.32 Å². The first-order chi connectivity index (χ1) is 4.31. The van der Waals surface area contributed by atoms with Gasteiger partial charge in [0, 0.05) is 6.54 Å². The zero-order valence-electron chi connectivity index (χ0n) is 6.20. The third kappa shape index (κ3) is 3.79. The minimum absolute atomic E-state index is 0. The van der Waals surface area contributed by atoms with Gasteiger partial charge < -0.3 is 10.4 Å². The number of aliphatic hydroxyl groups is 1. The van der Waals surface area contributed by atoms with Crippen LogP contribution in [0.2, 0.25) is 0 Å². The molecule has 0 spiro atoms. The Labute approximate surface area is 69.2 Å². The molecule has 0 aromatic rings. The first-order valence-electron chi connectivity index (χ1n) is 2.75. The molecule has 0 aromatic carbocycles. The van der Waals surface area contributed by atoms with Crippen molar-refractivity contribution in [3.8, 4) is 0 Å². The Kier molecular flexibility index (Phi) is 5.10. The summed E-state index contributed by atoms with van der Waals surface area (Å²) in [7, 11) is 1.35. The zero-order chi connectivity index (χ0) is 8.41. The van der Waals surface area contributed by atoms with E-state index < -0.39 is 18.3 Å². The fraction of sp³-hybridized carbons (Fsp3) is 1.00. The lowest BCUT2D eigenvalue weighted by atomic mass is 10.1. The standard InChI is InChI=1S/C5H10F3NO.ClH/c1-4(10,3-9-2)5(6,7)8;/h9-10H,3H2,1-2H3;1H. The molecule has 6 heteroatoms. The summed E-state index contributed by atoms with van der Waals surface area (Å²) < 4.78 is 35.2. The van der Waals surface area contributed by atoms with Crippen molar-refractivity contribution in [3.05, 3.63) is 0 Å². The number of hydrogen-bond donors (Lipinski definition) is 2. The average molecular weight is 194 g/mol. The van der Waals surface area contributed by atoms with E-state index in [2.05, 4.69) is 5.32 Å². The van der Waals surface area contributed by atoms with E-state index in [-0.39, 0.29) is 12.4 Å². The van der Waals surface area contributed by atoms with Gasteiger partial charge in [-0.15, -0.1) is 12.4 Å². The predicted molar refractivity (Wildman–Crippen MR) is 37.9 cm³/mol. The largest absolute Gasteiger partial charge is 0.418 e. The van der Waals surface area contributed by atoms with Gasteiger partial charge in [0.2, 0.25) is 0 Å². The van der Waals surface area contributed by atoms with E-state index in [1.807, 2.05) is 0 Å².